The van der Waals surface area contributed by atoms with Crippen molar-refractivity contribution in [3.8, 4) is 5.88 Å². The molecule has 0 aliphatic carbocycles. The molecule has 7 heteroatoms. The van der Waals surface area contributed by atoms with E-state index in [4.69, 9.17) is 10.5 Å². The molecular weight excluding hydrogens is 258 g/mol. The number of anilines is 1. The lowest BCUT2D eigenvalue weighted by molar-refractivity contribution is 0.0942. The first-order valence-corrected chi connectivity index (χ1v) is 6.09. The summed E-state index contributed by atoms with van der Waals surface area (Å²) in [6.07, 6.45) is 1.65. The summed E-state index contributed by atoms with van der Waals surface area (Å²) < 4.78 is 6.45. The van der Waals surface area contributed by atoms with Gasteiger partial charge >= 0.3 is 0 Å². The van der Waals surface area contributed by atoms with Gasteiger partial charge in [0.05, 0.1) is 18.5 Å². The number of carbonyl (C=O) groups is 1. The quantitative estimate of drug-likeness (QED) is 0.854. The largest absolute Gasteiger partial charge is 0.481 e. The summed E-state index contributed by atoms with van der Waals surface area (Å²) in [4.78, 5) is 16.2. The molecule has 2 heterocycles. The Hall–Kier alpha value is -2.57. The predicted octanol–water partition coefficient (Wildman–Crippen LogP) is 0.644. The van der Waals surface area contributed by atoms with Crippen molar-refractivity contribution in [1.29, 1.82) is 0 Å². The summed E-state index contributed by atoms with van der Waals surface area (Å²) in [5, 5.41) is 6.90. The zero-order chi connectivity index (χ0) is 14.7. The van der Waals surface area contributed by atoms with Crippen LogP contribution in [0.2, 0.25) is 0 Å². The number of rotatable bonds is 4. The van der Waals surface area contributed by atoms with E-state index in [-0.39, 0.29) is 5.91 Å². The predicted molar refractivity (Wildman–Crippen MR) is 74.3 cm³/mol. The Morgan fingerprint density at radius 1 is 1.50 bits per heavy atom. The number of ether oxygens (including phenoxy) is 1. The highest BCUT2D eigenvalue weighted by Crippen LogP contribution is 2.15. The lowest BCUT2D eigenvalue weighted by Gasteiger charge is -2.06. The molecule has 1 amide bonds. The minimum atomic E-state index is -0.263. The lowest BCUT2D eigenvalue weighted by atomic mass is 10.2. The average Bonchev–Trinajstić information content (AvgIpc) is 2.70. The van der Waals surface area contributed by atoms with E-state index in [0.29, 0.717) is 29.5 Å². The van der Waals surface area contributed by atoms with Gasteiger partial charge in [-0.3, -0.25) is 9.48 Å². The van der Waals surface area contributed by atoms with E-state index < -0.39 is 0 Å². The van der Waals surface area contributed by atoms with Crippen LogP contribution in [-0.2, 0) is 13.6 Å². The number of amides is 1. The number of nitrogens with one attached hydrogen (secondary N) is 1. The van der Waals surface area contributed by atoms with Gasteiger partial charge in [0.2, 0.25) is 5.88 Å². The summed E-state index contributed by atoms with van der Waals surface area (Å²) >= 11 is 0. The van der Waals surface area contributed by atoms with Gasteiger partial charge in [-0.25, -0.2) is 4.98 Å². The van der Waals surface area contributed by atoms with Crippen molar-refractivity contribution < 1.29 is 9.53 Å². The second-order valence-corrected chi connectivity index (χ2v) is 4.36. The first kappa shape index (κ1) is 13.9. The first-order chi connectivity index (χ1) is 9.52. The summed E-state index contributed by atoms with van der Waals surface area (Å²) in [5.74, 6) is 0.271. The number of hydrogen-bond acceptors (Lipinski definition) is 5. The lowest BCUT2D eigenvalue weighted by Crippen LogP contribution is -2.26. The van der Waals surface area contributed by atoms with Gasteiger partial charge in [0.1, 0.15) is 5.69 Å². The number of methoxy groups -OCH3 is 1. The molecule has 0 atom stereocenters. The number of pyridine rings is 1. The zero-order valence-corrected chi connectivity index (χ0v) is 11.7. The Bertz CT molecular complexity index is 618. The second-order valence-electron chi connectivity index (χ2n) is 4.36. The smallest absolute Gasteiger partial charge is 0.271 e. The van der Waals surface area contributed by atoms with Crippen LogP contribution in [0.15, 0.2) is 18.3 Å². The Balaban J connectivity index is 2.04. The van der Waals surface area contributed by atoms with Crippen LogP contribution in [0, 0.1) is 6.92 Å². The summed E-state index contributed by atoms with van der Waals surface area (Å²) in [6, 6.07) is 3.58. The standard InChI is InChI=1S/C13H17N5O2/c1-8-11(14)12(18(2)17-8)13(19)16-7-9-4-5-10(20-3)15-6-9/h4-6H,7,14H2,1-3H3,(H,16,19). The van der Waals surface area contributed by atoms with E-state index in [0.717, 1.165) is 5.56 Å². The molecule has 0 spiro atoms. The summed E-state index contributed by atoms with van der Waals surface area (Å²) in [6.45, 7) is 2.12. The fourth-order valence-corrected chi connectivity index (χ4v) is 1.85. The zero-order valence-electron chi connectivity index (χ0n) is 11.7. The van der Waals surface area contributed by atoms with Crippen molar-refractivity contribution in [2.45, 2.75) is 13.5 Å². The van der Waals surface area contributed by atoms with E-state index >= 15 is 0 Å². The van der Waals surface area contributed by atoms with Crippen molar-refractivity contribution in [2.24, 2.45) is 7.05 Å². The van der Waals surface area contributed by atoms with Crippen molar-refractivity contribution in [1.82, 2.24) is 20.1 Å². The van der Waals surface area contributed by atoms with Crippen LogP contribution >= 0.6 is 0 Å². The Morgan fingerprint density at radius 2 is 2.25 bits per heavy atom. The molecule has 0 radical (unpaired) electrons. The van der Waals surface area contributed by atoms with Gasteiger partial charge in [-0.2, -0.15) is 5.10 Å². The van der Waals surface area contributed by atoms with Gasteiger partial charge in [0, 0.05) is 25.9 Å². The maximum absolute atomic E-state index is 12.1. The third kappa shape index (κ3) is 2.71. The molecule has 7 nitrogen and oxygen atoms in total. The van der Waals surface area contributed by atoms with E-state index in [1.54, 1.807) is 33.3 Å². The minimum Gasteiger partial charge on any atom is -0.481 e. The molecule has 2 aromatic heterocycles. The Labute approximate surface area is 116 Å². The normalized spacial score (nSPS) is 10.3. The van der Waals surface area contributed by atoms with Crippen LogP contribution in [0.25, 0.3) is 0 Å². The molecule has 0 bridgehead atoms. The number of nitrogen functional groups attached to an aromatic ring is 1. The maximum Gasteiger partial charge on any atom is 0.271 e. The van der Waals surface area contributed by atoms with Crippen molar-refractivity contribution >= 4 is 11.6 Å². The fourth-order valence-electron chi connectivity index (χ4n) is 1.85. The number of hydrogen-bond donors (Lipinski definition) is 2. The molecule has 2 aromatic rings. The van der Waals surface area contributed by atoms with Gasteiger partial charge in [-0.05, 0) is 12.5 Å². The van der Waals surface area contributed by atoms with Gasteiger partial charge < -0.3 is 15.8 Å². The van der Waals surface area contributed by atoms with Gasteiger partial charge in [-0.1, -0.05) is 6.07 Å². The number of nitrogens with zero attached hydrogens (tertiary/aromatic N) is 3. The van der Waals surface area contributed by atoms with E-state index in [1.165, 1.54) is 4.68 Å². The van der Waals surface area contributed by atoms with Crippen LogP contribution in [-0.4, -0.2) is 27.8 Å². The van der Waals surface area contributed by atoms with Crippen LogP contribution in [0.1, 0.15) is 21.7 Å². The second kappa shape index (κ2) is 5.60. The molecule has 2 rings (SSSR count). The third-order valence-electron chi connectivity index (χ3n) is 2.94. The Morgan fingerprint density at radius 3 is 2.75 bits per heavy atom. The first-order valence-electron chi connectivity index (χ1n) is 6.09. The minimum absolute atomic E-state index is 0.263. The summed E-state index contributed by atoms with van der Waals surface area (Å²) in [5.41, 5.74) is 8.12. The highest BCUT2D eigenvalue weighted by Gasteiger charge is 2.17. The van der Waals surface area contributed by atoms with Crippen LogP contribution in [0.3, 0.4) is 0 Å². The van der Waals surface area contributed by atoms with Crippen molar-refractivity contribution in [3.63, 3.8) is 0 Å². The van der Waals surface area contributed by atoms with Crippen LogP contribution < -0.4 is 15.8 Å². The number of nitrogens with two attached hydrogens (primary N) is 1. The molecule has 0 saturated heterocycles. The average molecular weight is 275 g/mol. The van der Waals surface area contributed by atoms with Gasteiger partial charge in [-0.15, -0.1) is 0 Å². The molecule has 0 aromatic carbocycles. The molecule has 106 valence electrons. The highest BCUT2D eigenvalue weighted by atomic mass is 16.5. The summed E-state index contributed by atoms with van der Waals surface area (Å²) in [7, 11) is 3.24. The fraction of sp³-hybridized carbons (Fsp3) is 0.308. The van der Waals surface area contributed by atoms with Gasteiger partial charge in [0.15, 0.2) is 0 Å². The molecule has 20 heavy (non-hydrogen) atoms. The SMILES string of the molecule is COc1ccc(CNC(=O)c2c(N)c(C)nn2C)cn1. The third-order valence-corrected chi connectivity index (χ3v) is 2.94. The van der Waals surface area contributed by atoms with Gasteiger partial charge in [0.25, 0.3) is 5.91 Å². The monoisotopic (exact) mass is 275 g/mol. The van der Waals surface area contributed by atoms with E-state index in [9.17, 15) is 4.79 Å². The van der Waals surface area contributed by atoms with E-state index in [2.05, 4.69) is 15.4 Å². The Kier molecular flexibility index (Phi) is 3.88. The van der Waals surface area contributed by atoms with Crippen molar-refractivity contribution in [3.05, 3.63) is 35.3 Å². The molecular formula is C13H17N5O2. The molecule has 0 aliphatic heterocycles. The number of carbonyl (C=O) groups excluding carboxylic acids is 1. The van der Waals surface area contributed by atoms with Crippen LogP contribution in [0.4, 0.5) is 5.69 Å². The molecule has 0 fully saturated rings. The molecule has 0 saturated carbocycles. The topological polar surface area (TPSA) is 95.1 Å². The van der Waals surface area contributed by atoms with Crippen molar-refractivity contribution in [2.75, 3.05) is 12.8 Å². The number of aryl methyl sites for hydroxylation is 2. The molecule has 0 aliphatic rings. The van der Waals surface area contributed by atoms with Crippen LogP contribution in [0.5, 0.6) is 5.88 Å². The highest BCUT2D eigenvalue weighted by molar-refractivity contribution is 5.97. The maximum atomic E-state index is 12.1. The molecule has 3 N–H and O–H groups in total. The molecule has 0 unspecified atom stereocenters. The van der Waals surface area contributed by atoms with E-state index in [1.807, 2.05) is 6.07 Å². The number of aromatic nitrogens is 3.